The van der Waals surface area contributed by atoms with Gasteiger partial charge in [-0.05, 0) is 50.6 Å². The largest absolute Gasteiger partial charge is 0.419 e. The first-order valence-corrected chi connectivity index (χ1v) is 11.9. The van der Waals surface area contributed by atoms with Gasteiger partial charge in [0.15, 0.2) is 5.16 Å². The molecule has 8 heteroatoms. The van der Waals surface area contributed by atoms with Crippen LogP contribution in [0.2, 0.25) is 0 Å². The molecule has 2 aromatic heterocycles. The van der Waals surface area contributed by atoms with Gasteiger partial charge < -0.3 is 8.98 Å². The molecule has 32 heavy (non-hydrogen) atoms. The van der Waals surface area contributed by atoms with Crippen LogP contribution in [0.5, 0.6) is 0 Å². The molecule has 0 saturated carbocycles. The second-order valence-electron chi connectivity index (χ2n) is 8.03. The minimum Gasteiger partial charge on any atom is -0.419 e. The molecule has 1 fully saturated rings. The van der Waals surface area contributed by atoms with Crippen LogP contribution in [0.25, 0.3) is 11.5 Å². The number of hydrogen-bond acceptors (Lipinski definition) is 7. The monoisotopic (exact) mass is 446 g/mol. The first-order valence-electron chi connectivity index (χ1n) is 11.0. The van der Waals surface area contributed by atoms with Crippen molar-refractivity contribution in [1.29, 1.82) is 0 Å². The van der Waals surface area contributed by atoms with E-state index in [2.05, 4.69) is 61.1 Å². The van der Waals surface area contributed by atoms with E-state index in [4.69, 9.17) is 4.42 Å². The number of hydrogen-bond donors (Lipinski definition) is 0. The number of likely N-dealkylation sites (tertiary alicyclic amines) is 1. The van der Waals surface area contributed by atoms with Gasteiger partial charge in [-0.25, -0.2) is 0 Å². The summed E-state index contributed by atoms with van der Waals surface area (Å²) in [6, 6.07) is 20.3. The predicted molar refractivity (Wildman–Crippen MR) is 124 cm³/mol. The summed E-state index contributed by atoms with van der Waals surface area (Å²) in [5.74, 6) is 2.12. The lowest BCUT2D eigenvalue weighted by atomic mass is 10.2. The standard InChI is InChI=1S/C24H26N6OS/c1-18(22-26-27-23(31-22)20-12-6-3-7-13-20)32-24-28-25-21(17-29-14-8-9-15-29)30(24)16-19-10-4-2-5-11-19/h2-7,10-13,18H,8-9,14-17H2,1H3/t18-/m0/s1. The van der Waals surface area contributed by atoms with E-state index in [9.17, 15) is 0 Å². The normalized spacial score (nSPS) is 15.3. The Kier molecular flexibility index (Phi) is 6.31. The molecule has 1 aliphatic rings. The maximum atomic E-state index is 5.97. The molecule has 0 N–H and O–H groups in total. The maximum absolute atomic E-state index is 5.97. The van der Waals surface area contributed by atoms with Crippen molar-refractivity contribution in [2.75, 3.05) is 13.1 Å². The van der Waals surface area contributed by atoms with Crippen LogP contribution in [0.3, 0.4) is 0 Å². The molecule has 164 valence electrons. The van der Waals surface area contributed by atoms with E-state index in [0.29, 0.717) is 11.8 Å². The number of aromatic nitrogens is 5. The second kappa shape index (κ2) is 9.67. The Hall–Kier alpha value is -2.97. The highest BCUT2D eigenvalue weighted by Crippen LogP contribution is 2.35. The van der Waals surface area contributed by atoms with Gasteiger partial charge in [-0.3, -0.25) is 4.90 Å². The van der Waals surface area contributed by atoms with E-state index in [0.717, 1.165) is 42.7 Å². The average Bonchev–Trinajstić information content (AvgIpc) is 3.59. The maximum Gasteiger partial charge on any atom is 0.247 e. The van der Waals surface area contributed by atoms with Crippen molar-refractivity contribution in [3.05, 3.63) is 77.9 Å². The Balaban J connectivity index is 1.37. The number of rotatable bonds is 8. The van der Waals surface area contributed by atoms with Crippen molar-refractivity contribution < 1.29 is 4.42 Å². The molecule has 3 heterocycles. The molecule has 0 bridgehead atoms. The molecule has 1 atom stereocenters. The third kappa shape index (κ3) is 4.76. The van der Waals surface area contributed by atoms with Crippen LogP contribution < -0.4 is 0 Å². The molecule has 0 unspecified atom stereocenters. The zero-order valence-corrected chi connectivity index (χ0v) is 18.9. The third-order valence-electron chi connectivity index (χ3n) is 5.63. The van der Waals surface area contributed by atoms with Gasteiger partial charge >= 0.3 is 0 Å². The average molecular weight is 447 g/mol. The van der Waals surface area contributed by atoms with E-state index >= 15 is 0 Å². The van der Waals surface area contributed by atoms with Gasteiger partial charge in [-0.15, -0.1) is 20.4 Å². The first-order chi connectivity index (χ1) is 15.8. The Morgan fingerprint density at radius 1 is 0.875 bits per heavy atom. The van der Waals surface area contributed by atoms with Crippen LogP contribution >= 0.6 is 11.8 Å². The highest BCUT2D eigenvalue weighted by molar-refractivity contribution is 7.99. The lowest BCUT2D eigenvalue weighted by molar-refractivity contribution is 0.316. The van der Waals surface area contributed by atoms with Gasteiger partial charge in [-0.2, -0.15) is 0 Å². The summed E-state index contributed by atoms with van der Waals surface area (Å²) >= 11 is 1.60. The van der Waals surface area contributed by atoms with Crippen LogP contribution in [0.4, 0.5) is 0 Å². The van der Waals surface area contributed by atoms with E-state index in [1.165, 1.54) is 18.4 Å². The molecule has 0 spiro atoms. The van der Waals surface area contributed by atoms with E-state index in [1.807, 2.05) is 36.4 Å². The molecular weight excluding hydrogens is 420 g/mol. The molecule has 1 saturated heterocycles. The van der Waals surface area contributed by atoms with Gasteiger partial charge in [0.25, 0.3) is 0 Å². The SMILES string of the molecule is C[C@H](Sc1nnc(CN2CCCC2)n1Cc1ccccc1)c1nnc(-c2ccccc2)o1. The van der Waals surface area contributed by atoms with Crippen LogP contribution in [0, 0.1) is 0 Å². The Labute approximate surface area is 191 Å². The quantitative estimate of drug-likeness (QED) is 0.359. The molecule has 4 aromatic rings. The summed E-state index contributed by atoms with van der Waals surface area (Å²) in [6.45, 7) is 5.88. The third-order valence-corrected chi connectivity index (χ3v) is 6.70. The fourth-order valence-electron chi connectivity index (χ4n) is 3.89. The Morgan fingerprint density at radius 2 is 1.59 bits per heavy atom. The zero-order chi connectivity index (χ0) is 21.8. The molecule has 5 rings (SSSR count). The summed E-state index contributed by atoms with van der Waals surface area (Å²) < 4.78 is 8.19. The molecule has 7 nitrogen and oxygen atoms in total. The Bertz CT molecular complexity index is 1140. The second-order valence-corrected chi connectivity index (χ2v) is 9.33. The van der Waals surface area contributed by atoms with Gasteiger partial charge in [-0.1, -0.05) is 60.3 Å². The van der Waals surface area contributed by atoms with Crippen molar-refractivity contribution >= 4 is 11.8 Å². The number of nitrogens with zero attached hydrogens (tertiary/aromatic N) is 6. The topological polar surface area (TPSA) is 72.9 Å². The van der Waals surface area contributed by atoms with Gasteiger partial charge in [0.1, 0.15) is 5.82 Å². The molecule has 1 aliphatic heterocycles. The highest BCUT2D eigenvalue weighted by atomic mass is 32.2. The summed E-state index contributed by atoms with van der Waals surface area (Å²) in [4.78, 5) is 2.45. The highest BCUT2D eigenvalue weighted by Gasteiger charge is 2.23. The van der Waals surface area contributed by atoms with Gasteiger partial charge in [0, 0.05) is 5.56 Å². The lowest BCUT2D eigenvalue weighted by Crippen LogP contribution is -2.21. The number of thioether (sulfide) groups is 1. The minimum atomic E-state index is -0.0432. The molecule has 0 radical (unpaired) electrons. The smallest absolute Gasteiger partial charge is 0.247 e. The summed E-state index contributed by atoms with van der Waals surface area (Å²) in [6.07, 6.45) is 2.51. The van der Waals surface area contributed by atoms with Crippen LogP contribution in [0.15, 0.2) is 70.2 Å². The van der Waals surface area contributed by atoms with Crippen molar-refractivity contribution in [1.82, 2.24) is 29.9 Å². The van der Waals surface area contributed by atoms with Gasteiger partial charge in [0.05, 0.1) is 18.3 Å². The lowest BCUT2D eigenvalue weighted by Gasteiger charge is -2.16. The van der Waals surface area contributed by atoms with Crippen molar-refractivity contribution in [3.8, 4) is 11.5 Å². The first kappa shape index (κ1) is 20.9. The van der Waals surface area contributed by atoms with E-state index in [-0.39, 0.29) is 5.25 Å². The summed E-state index contributed by atoms with van der Waals surface area (Å²) in [5, 5.41) is 18.5. The summed E-state index contributed by atoms with van der Waals surface area (Å²) in [7, 11) is 0. The minimum absolute atomic E-state index is 0.0432. The zero-order valence-electron chi connectivity index (χ0n) is 18.1. The molecular formula is C24H26N6OS. The van der Waals surface area contributed by atoms with E-state index < -0.39 is 0 Å². The summed E-state index contributed by atoms with van der Waals surface area (Å²) in [5.41, 5.74) is 2.15. The van der Waals surface area contributed by atoms with Crippen LogP contribution in [-0.4, -0.2) is 43.0 Å². The van der Waals surface area contributed by atoms with Crippen molar-refractivity contribution in [2.24, 2.45) is 0 Å². The van der Waals surface area contributed by atoms with Crippen molar-refractivity contribution in [3.63, 3.8) is 0 Å². The van der Waals surface area contributed by atoms with Crippen LogP contribution in [0.1, 0.15) is 42.3 Å². The predicted octanol–water partition coefficient (Wildman–Crippen LogP) is 4.83. The van der Waals surface area contributed by atoms with Crippen molar-refractivity contribution in [2.45, 2.75) is 43.3 Å². The van der Waals surface area contributed by atoms with E-state index in [1.54, 1.807) is 11.8 Å². The fourth-order valence-corrected chi connectivity index (χ4v) is 4.79. The number of benzene rings is 2. The fraction of sp³-hybridized carbons (Fsp3) is 0.333. The molecule has 0 aliphatic carbocycles. The Morgan fingerprint density at radius 3 is 2.34 bits per heavy atom. The van der Waals surface area contributed by atoms with Crippen LogP contribution in [-0.2, 0) is 13.1 Å². The molecule has 2 aromatic carbocycles. The van der Waals surface area contributed by atoms with Gasteiger partial charge in [0.2, 0.25) is 11.8 Å². The molecule has 0 amide bonds.